The summed E-state index contributed by atoms with van der Waals surface area (Å²) in [6.45, 7) is -0.882. The maximum atomic E-state index is 13.1. The van der Waals surface area contributed by atoms with E-state index in [1.54, 1.807) is 96.4 Å². The van der Waals surface area contributed by atoms with Gasteiger partial charge in [0.15, 0.2) is 0 Å². The Kier molecular flexibility index (Phi) is 16.9. The minimum absolute atomic E-state index is 0.00737. The number of amides is 3. The van der Waals surface area contributed by atoms with Gasteiger partial charge in [-0.2, -0.15) is 5.34 Å². The quantitative estimate of drug-likeness (QED) is 0.0259. The molecule has 3 rings (SSSR count). The number of hydrazine groups is 1. The molecular formula is C34H40N7O10-. The predicted octanol–water partition coefficient (Wildman–Crippen LogP) is 1.55. The molecule has 7 N–H and O–H groups in total. The van der Waals surface area contributed by atoms with Crippen molar-refractivity contribution in [1.29, 1.82) is 0 Å². The van der Waals surface area contributed by atoms with Gasteiger partial charge in [-0.1, -0.05) is 91.0 Å². The van der Waals surface area contributed by atoms with Crippen molar-refractivity contribution in [1.82, 2.24) is 26.7 Å². The Morgan fingerprint density at radius 3 is 1.84 bits per heavy atom. The molecule has 2 unspecified atom stereocenters. The zero-order chi connectivity index (χ0) is 36.8. The van der Waals surface area contributed by atoms with Crippen LogP contribution in [0.4, 0.5) is 4.79 Å². The van der Waals surface area contributed by atoms with Gasteiger partial charge in [-0.3, -0.25) is 24.8 Å². The molecule has 17 nitrogen and oxygen atoms in total. The molecule has 0 aliphatic carbocycles. The molecule has 0 saturated carbocycles. The summed E-state index contributed by atoms with van der Waals surface area (Å²) in [5.74, 6) is -3.67. The van der Waals surface area contributed by atoms with Crippen molar-refractivity contribution in [3.05, 3.63) is 113 Å². The average molecular weight is 707 g/mol. The van der Waals surface area contributed by atoms with Crippen molar-refractivity contribution in [2.45, 2.75) is 51.2 Å². The van der Waals surface area contributed by atoms with Crippen molar-refractivity contribution in [3.8, 4) is 0 Å². The molecule has 3 aromatic rings. The lowest BCUT2D eigenvalue weighted by Gasteiger charge is -2.20. The molecule has 272 valence electrons. The first-order valence-corrected chi connectivity index (χ1v) is 15.8. The Labute approximate surface area is 293 Å². The van der Waals surface area contributed by atoms with Gasteiger partial charge in [0.25, 0.3) is 0 Å². The van der Waals surface area contributed by atoms with Gasteiger partial charge in [0, 0.05) is 6.54 Å². The lowest BCUT2D eigenvalue weighted by Crippen LogP contribution is -2.51. The van der Waals surface area contributed by atoms with Crippen LogP contribution in [0.25, 0.3) is 0 Å². The Balaban J connectivity index is 1.60. The van der Waals surface area contributed by atoms with Crippen molar-refractivity contribution >= 4 is 35.8 Å². The summed E-state index contributed by atoms with van der Waals surface area (Å²) in [5.41, 5.74) is 9.37. The van der Waals surface area contributed by atoms with E-state index in [4.69, 9.17) is 25.2 Å². The van der Waals surface area contributed by atoms with Crippen LogP contribution in [-0.4, -0.2) is 71.5 Å². The van der Waals surface area contributed by atoms with Crippen LogP contribution in [0.15, 0.2) is 96.0 Å². The fourth-order valence-corrected chi connectivity index (χ4v) is 4.33. The van der Waals surface area contributed by atoms with Gasteiger partial charge in [0.2, 0.25) is 17.8 Å². The van der Waals surface area contributed by atoms with Crippen LogP contribution >= 0.6 is 0 Å². The fraction of sp³-hybridized carbons (Fsp3) is 0.294. The second kappa shape index (κ2) is 21.8. The number of carbonyl (C=O) groups is 5. The molecule has 0 aromatic heterocycles. The van der Waals surface area contributed by atoms with E-state index in [-0.39, 0.29) is 45.2 Å². The first kappa shape index (κ1) is 39.4. The van der Waals surface area contributed by atoms with Crippen LogP contribution in [0.5, 0.6) is 0 Å². The molecule has 3 amide bonds. The van der Waals surface area contributed by atoms with Gasteiger partial charge in [0.05, 0.1) is 13.0 Å². The largest absolute Gasteiger partial charge is 0.744 e. The van der Waals surface area contributed by atoms with E-state index in [1.165, 1.54) is 0 Å². The molecular weight excluding hydrogens is 666 g/mol. The fourth-order valence-electron chi connectivity index (χ4n) is 4.33. The number of nitrogens with zero attached hydrogens (tertiary/aromatic N) is 2. The van der Waals surface area contributed by atoms with Gasteiger partial charge in [-0.25, -0.2) is 9.59 Å². The lowest BCUT2D eigenvalue weighted by atomic mass is 10.1. The third-order valence-electron chi connectivity index (χ3n) is 6.84. The first-order valence-electron chi connectivity index (χ1n) is 15.8. The van der Waals surface area contributed by atoms with E-state index >= 15 is 0 Å². The maximum absolute atomic E-state index is 13.1. The SMILES string of the molecule is NC(=NCCCC(NC(=O)OCc1ccccc1)C(=O)NCC(=O)NC(CC(=O)OCc1ccccc1)C(=O)OCc1ccccc1)NN([O-])O. The molecule has 0 radical (unpaired) electrons. The summed E-state index contributed by atoms with van der Waals surface area (Å²) in [4.78, 5) is 68.1. The monoisotopic (exact) mass is 706 g/mol. The number of benzene rings is 3. The van der Waals surface area contributed by atoms with E-state index in [2.05, 4.69) is 20.9 Å². The summed E-state index contributed by atoms with van der Waals surface area (Å²) in [6.07, 6.45) is -1.30. The molecule has 0 saturated heterocycles. The Morgan fingerprint density at radius 2 is 1.29 bits per heavy atom. The number of nitrogens with one attached hydrogen (secondary N) is 4. The molecule has 2 atom stereocenters. The highest BCUT2D eigenvalue weighted by molar-refractivity contribution is 5.92. The van der Waals surface area contributed by atoms with Crippen LogP contribution in [0.1, 0.15) is 36.0 Å². The molecule has 3 aromatic carbocycles. The zero-order valence-electron chi connectivity index (χ0n) is 27.6. The predicted molar refractivity (Wildman–Crippen MR) is 181 cm³/mol. The van der Waals surface area contributed by atoms with Gasteiger partial charge in [-0.15, -0.1) is 0 Å². The van der Waals surface area contributed by atoms with E-state index < -0.39 is 60.2 Å². The highest BCUT2D eigenvalue weighted by atomic mass is 16.8. The third-order valence-corrected chi connectivity index (χ3v) is 6.84. The van der Waals surface area contributed by atoms with Crippen molar-refractivity contribution in [3.63, 3.8) is 0 Å². The Bertz CT molecular complexity index is 1580. The number of aliphatic imine (C=N–C) groups is 1. The molecule has 17 heteroatoms. The smallest absolute Gasteiger partial charge is 0.408 e. The number of carbonyl (C=O) groups excluding carboxylic acids is 5. The maximum Gasteiger partial charge on any atom is 0.408 e. The number of guanidine groups is 1. The third kappa shape index (κ3) is 16.3. The van der Waals surface area contributed by atoms with Crippen molar-refractivity contribution in [2.75, 3.05) is 13.1 Å². The number of nitrogens with two attached hydrogens (primary N) is 1. The molecule has 0 aliphatic rings. The van der Waals surface area contributed by atoms with Crippen LogP contribution in [0.3, 0.4) is 0 Å². The second-order valence-electron chi connectivity index (χ2n) is 10.8. The van der Waals surface area contributed by atoms with E-state index in [9.17, 15) is 29.2 Å². The number of rotatable bonds is 19. The summed E-state index contributed by atoms with van der Waals surface area (Å²) < 4.78 is 15.8. The number of alkyl carbamates (subject to hydrolysis) is 1. The summed E-state index contributed by atoms with van der Waals surface area (Å²) in [6, 6.07) is 23.8. The standard InChI is InChI=1S/C34H40N7O10/c35-33(40-41(47)48)36-18-10-17-27(39-34(46)51-23-26-15-8-3-9-16-26)31(44)37-20-29(42)38-28(32(45)50-22-25-13-6-2-7-14-25)19-30(43)49-21-24-11-4-1-5-12-24/h1-9,11-16,27-28,47H,10,17-23H2,(H,37,44)(H,38,42)(H,39,46)(H3,35,36,40)/q-1. The molecule has 51 heavy (non-hydrogen) atoms. The molecule has 0 aliphatic heterocycles. The van der Waals surface area contributed by atoms with Gasteiger partial charge >= 0.3 is 18.0 Å². The number of ether oxygens (including phenoxy) is 3. The minimum atomic E-state index is -1.44. The molecule has 0 bridgehead atoms. The normalized spacial score (nSPS) is 12.2. The van der Waals surface area contributed by atoms with Crippen molar-refractivity contribution in [2.24, 2.45) is 10.7 Å². The van der Waals surface area contributed by atoms with Gasteiger partial charge in [0.1, 0.15) is 31.9 Å². The molecule has 0 spiro atoms. The number of esters is 2. The van der Waals surface area contributed by atoms with E-state index in [0.717, 1.165) is 5.56 Å². The van der Waals surface area contributed by atoms with E-state index in [1.807, 2.05) is 0 Å². The highest BCUT2D eigenvalue weighted by Crippen LogP contribution is 2.08. The Morgan fingerprint density at radius 1 is 0.765 bits per heavy atom. The minimum Gasteiger partial charge on any atom is -0.744 e. The average Bonchev–Trinajstić information content (AvgIpc) is 3.13. The van der Waals surface area contributed by atoms with Crippen LogP contribution in [0, 0.1) is 5.21 Å². The van der Waals surface area contributed by atoms with Crippen LogP contribution in [0.2, 0.25) is 0 Å². The Hall–Kier alpha value is -6.04. The zero-order valence-corrected chi connectivity index (χ0v) is 27.6. The summed E-state index contributed by atoms with van der Waals surface area (Å²) in [5, 5.41) is 25.9. The van der Waals surface area contributed by atoms with Crippen LogP contribution in [-0.2, 0) is 53.2 Å². The van der Waals surface area contributed by atoms with E-state index in [0.29, 0.717) is 11.1 Å². The highest BCUT2D eigenvalue weighted by Gasteiger charge is 2.27. The summed E-state index contributed by atoms with van der Waals surface area (Å²) >= 11 is 0. The lowest BCUT2D eigenvalue weighted by molar-refractivity contribution is -0.155. The molecule has 0 heterocycles. The van der Waals surface area contributed by atoms with Gasteiger partial charge < -0.3 is 46.3 Å². The number of hydrogen-bond acceptors (Lipinski definition) is 12. The van der Waals surface area contributed by atoms with Crippen molar-refractivity contribution < 1.29 is 43.4 Å². The topological polar surface area (TPSA) is 246 Å². The summed E-state index contributed by atoms with van der Waals surface area (Å²) in [7, 11) is 0. The van der Waals surface area contributed by atoms with Gasteiger partial charge in [-0.05, 0) is 29.5 Å². The second-order valence-corrected chi connectivity index (χ2v) is 10.8. The molecule has 0 fully saturated rings. The van der Waals surface area contributed by atoms with Crippen LogP contribution < -0.4 is 27.1 Å². The first-order chi connectivity index (χ1) is 24.6. The number of hydrogen-bond donors (Lipinski definition) is 6.